The second kappa shape index (κ2) is 4.52. The van der Waals surface area contributed by atoms with E-state index in [4.69, 9.17) is 5.73 Å². The maximum atomic E-state index is 11.9. The highest BCUT2D eigenvalue weighted by atomic mass is 16.2. The van der Waals surface area contributed by atoms with Crippen molar-refractivity contribution in [2.45, 2.75) is 46.1 Å². The molecule has 0 saturated carbocycles. The molecule has 0 radical (unpaired) electrons. The zero-order chi connectivity index (χ0) is 11.6. The molecular weight excluding hydrogens is 188 g/mol. The fourth-order valence-electron chi connectivity index (χ4n) is 2.06. The van der Waals surface area contributed by atoms with Gasteiger partial charge in [0.15, 0.2) is 0 Å². The van der Waals surface area contributed by atoms with Gasteiger partial charge in [0, 0.05) is 25.0 Å². The van der Waals surface area contributed by atoms with E-state index in [1.54, 1.807) is 0 Å². The first-order valence-corrected chi connectivity index (χ1v) is 5.86. The van der Waals surface area contributed by atoms with E-state index in [-0.39, 0.29) is 11.4 Å². The molecule has 3 heteroatoms. The molecule has 1 aliphatic rings. The number of likely N-dealkylation sites (tertiary alicyclic amines) is 1. The first-order valence-electron chi connectivity index (χ1n) is 5.86. The summed E-state index contributed by atoms with van der Waals surface area (Å²) >= 11 is 0. The lowest BCUT2D eigenvalue weighted by Gasteiger charge is -2.23. The summed E-state index contributed by atoms with van der Waals surface area (Å²) in [5.74, 6) is 1.56. The van der Waals surface area contributed by atoms with Crippen LogP contribution in [0.3, 0.4) is 0 Å². The third-order valence-corrected chi connectivity index (χ3v) is 3.13. The molecule has 1 saturated heterocycles. The molecule has 0 aliphatic carbocycles. The molecule has 0 aromatic rings. The summed E-state index contributed by atoms with van der Waals surface area (Å²) in [6.07, 6.45) is 1.60. The molecular formula is C12H24N2O. The maximum Gasteiger partial charge on any atom is 0.224 e. The monoisotopic (exact) mass is 212 g/mol. The lowest BCUT2D eigenvalue weighted by Crippen LogP contribution is -2.40. The Kier molecular flexibility index (Phi) is 3.77. The molecule has 0 aromatic carbocycles. The predicted molar refractivity (Wildman–Crippen MR) is 62.4 cm³/mol. The summed E-state index contributed by atoms with van der Waals surface area (Å²) in [5, 5.41) is 0. The second-order valence-corrected chi connectivity index (χ2v) is 5.80. The van der Waals surface area contributed by atoms with Crippen molar-refractivity contribution in [1.29, 1.82) is 0 Å². The molecule has 1 amide bonds. The van der Waals surface area contributed by atoms with Crippen LogP contribution in [0.25, 0.3) is 0 Å². The van der Waals surface area contributed by atoms with E-state index in [0.29, 0.717) is 18.3 Å². The lowest BCUT2D eigenvalue weighted by molar-refractivity contribution is -0.131. The van der Waals surface area contributed by atoms with Gasteiger partial charge >= 0.3 is 0 Å². The smallest absolute Gasteiger partial charge is 0.224 e. The third-order valence-electron chi connectivity index (χ3n) is 3.13. The van der Waals surface area contributed by atoms with Crippen molar-refractivity contribution < 1.29 is 4.79 Å². The molecule has 1 fully saturated rings. The summed E-state index contributed by atoms with van der Waals surface area (Å²) in [7, 11) is 0. The Morgan fingerprint density at radius 2 is 2.13 bits per heavy atom. The fourth-order valence-corrected chi connectivity index (χ4v) is 2.06. The van der Waals surface area contributed by atoms with Gasteiger partial charge in [-0.05, 0) is 32.1 Å². The number of carbonyl (C=O) groups is 1. The van der Waals surface area contributed by atoms with Crippen LogP contribution in [0.15, 0.2) is 0 Å². The molecule has 1 atom stereocenters. The van der Waals surface area contributed by atoms with Gasteiger partial charge in [0.05, 0.1) is 0 Å². The second-order valence-electron chi connectivity index (χ2n) is 5.80. The van der Waals surface area contributed by atoms with Crippen molar-refractivity contribution in [3.8, 4) is 0 Å². The topological polar surface area (TPSA) is 46.3 Å². The first kappa shape index (κ1) is 12.5. The third kappa shape index (κ3) is 3.82. The Labute approximate surface area is 93.0 Å². The van der Waals surface area contributed by atoms with Gasteiger partial charge in [-0.1, -0.05) is 13.8 Å². The van der Waals surface area contributed by atoms with Crippen LogP contribution >= 0.6 is 0 Å². The number of amides is 1. The van der Waals surface area contributed by atoms with E-state index >= 15 is 0 Å². The minimum atomic E-state index is -0.382. The number of hydrogen-bond donors (Lipinski definition) is 1. The molecule has 88 valence electrons. The van der Waals surface area contributed by atoms with Crippen LogP contribution < -0.4 is 5.73 Å². The van der Waals surface area contributed by atoms with Gasteiger partial charge < -0.3 is 10.6 Å². The zero-order valence-electron chi connectivity index (χ0n) is 10.4. The highest BCUT2D eigenvalue weighted by Gasteiger charge is 2.29. The molecule has 1 unspecified atom stereocenters. The highest BCUT2D eigenvalue weighted by Crippen LogP contribution is 2.24. The van der Waals surface area contributed by atoms with Crippen molar-refractivity contribution in [2.75, 3.05) is 13.1 Å². The molecule has 15 heavy (non-hydrogen) atoms. The van der Waals surface area contributed by atoms with Gasteiger partial charge in [-0.25, -0.2) is 0 Å². The van der Waals surface area contributed by atoms with E-state index in [9.17, 15) is 4.79 Å². The molecule has 2 N–H and O–H groups in total. The molecule has 0 aromatic heterocycles. The first-order chi connectivity index (χ1) is 6.79. The lowest BCUT2D eigenvalue weighted by atomic mass is 9.95. The average molecular weight is 212 g/mol. The molecule has 1 heterocycles. The van der Waals surface area contributed by atoms with Crippen molar-refractivity contribution in [1.82, 2.24) is 4.90 Å². The van der Waals surface area contributed by atoms with Crippen LogP contribution in [0.5, 0.6) is 0 Å². The van der Waals surface area contributed by atoms with E-state index in [1.807, 2.05) is 18.7 Å². The van der Waals surface area contributed by atoms with Gasteiger partial charge in [0.25, 0.3) is 0 Å². The summed E-state index contributed by atoms with van der Waals surface area (Å²) in [6.45, 7) is 10.1. The number of nitrogens with zero attached hydrogens (tertiary/aromatic N) is 1. The standard InChI is InChI=1S/C12H24N2O/c1-9(2)10-5-6-14(8-10)11(15)7-12(3,4)13/h9-10H,5-8,13H2,1-4H3. The Hall–Kier alpha value is -0.570. The van der Waals surface area contributed by atoms with E-state index in [0.717, 1.165) is 19.5 Å². The van der Waals surface area contributed by atoms with Gasteiger partial charge in [-0.15, -0.1) is 0 Å². The van der Waals surface area contributed by atoms with Crippen LogP contribution in [0.2, 0.25) is 0 Å². The van der Waals surface area contributed by atoms with Crippen LogP contribution in [0.1, 0.15) is 40.5 Å². The number of rotatable bonds is 3. The Balaban J connectivity index is 2.44. The van der Waals surface area contributed by atoms with E-state index < -0.39 is 0 Å². The van der Waals surface area contributed by atoms with Gasteiger partial charge in [-0.2, -0.15) is 0 Å². The summed E-state index contributed by atoms with van der Waals surface area (Å²) in [6, 6.07) is 0. The van der Waals surface area contributed by atoms with Crippen LogP contribution in [-0.2, 0) is 4.79 Å². The Morgan fingerprint density at radius 1 is 1.53 bits per heavy atom. The minimum Gasteiger partial charge on any atom is -0.342 e. The zero-order valence-corrected chi connectivity index (χ0v) is 10.4. The van der Waals surface area contributed by atoms with Crippen molar-refractivity contribution in [2.24, 2.45) is 17.6 Å². The number of nitrogens with two attached hydrogens (primary N) is 1. The molecule has 1 rings (SSSR count). The van der Waals surface area contributed by atoms with Crippen LogP contribution in [0, 0.1) is 11.8 Å². The molecule has 0 bridgehead atoms. The number of carbonyl (C=O) groups excluding carboxylic acids is 1. The van der Waals surface area contributed by atoms with Crippen molar-refractivity contribution >= 4 is 5.91 Å². The molecule has 0 spiro atoms. The van der Waals surface area contributed by atoms with Crippen LogP contribution in [0.4, 0.5) is 0 Å². The van der Waals surface area contributed by atoms with E-state index in [1.165, 1.54) is 0 Å². The Bertz CT molecular complexity index is 230. The quantitative estimate of drug-likeness (QED) is 0.772. The minimum absolute atomic E-state index is 0.214. The molecule has 3 nitrogen and oxygen atoms in total. The summed E-state index contributed by atoms with van der Waals surface area (Å²) < 4.78 is 0. The highest BCUT2D eigenvalue weighted by molar-refractivity contribution is 5.77. The van der Waals surface area contributed by atoms with Crippen molar-refractivity contribution in [3.63, 3.8) is 0 Å². The SMILES string of the molecule is CC(C)C1CCN(C(=O)CC(C)(C)N)C1. The summed E-state index contributed by atoms with van der Waals surface area (Å²) in [5.41, 5.74) is 5.47. The maximum absolute atomic E-state index is 11.9. The van der Waals surface area contributed by atoms with Crippen molar-refractivity contribution in [3.05, 3.63) is 0 Å². The predicted octanol–water partition coefficient (Wildman–Crippen LogP) is 1.62. The average Bonchev–Trinajstić information content (AvgIpc) is 2.47. The van der Waals surface area contributed by atoms with E-state index in [2.05, 4.69) is 13.8 Å². The normalized spacial score (nSPS) is 22.5. The van der Waals surface area contributed by atoms with Gasteiger partial charge in [0.1, 0.15) is 0 Å². The van der Waals surface area contributed by atoms with Gasteiger partial charge in [-0.3, -0.25) is 4.79 Å². The number of hydrogen-bond acceptors (Lipinski definition) is 2. The molecule has 1 aliphatic heterocycles. The summed E-state index contributed by atoms with van der Waals surface area (Å²) in [4.78, 5) is 13.8. The van der Waals surface area contributed by atoms with Crippen LogP contribution in [-0.4, -0.2) is 29.4 Å². The fraction of sp³-hybridized carbons (Fsp3) is 0.917. The Morgan fingerprint density at radius 3 is 2.53 bits per heavy atom. The largest absolute Gasteiger partial charge is 0.342 e. The van der Waals surface area contributed by atoms with Gasteiger partial charge in [0.2, 0.25) is 5.91 Å².